The molecule has 0 spiro atoms. The second-order valence-electron chi connectivity index (χ2n) is 3.77. The molecule has 8 nitrogen and oxygen atoms in total. The Morgan fingerprint density at radius 1 is 0.929 bits per heavy atom. The molecular weight excluding hydrogens is 408 g/mol. The Morgan fingerprint density at radius 2 is 1.36 bits per heavy atom. The minimum atomic E-state index is -0.393. The third-order valence-electron chi connectivity index (χ3n) is 2.61. The third-order valence-corrected chi connectivity index (χ3v) is 2.93. The quantitative estimate of drug-likeness (QED) is 0.419. The van der Waals surface area contributed by atoms with E-state index in [0.717, 1.165) is 11.1 Å². The van der Waals surface area contributed by atoms with Gasteiger partial charge in [-0.25, -0.2) is 0 Å². The zero-order valence-corrected chi connectivity index (χ0v) is 15.9. The summed E-state index contributed by atoms with van der Waals surface area (Å²) >= 11 is 2.82. The van der Waals surface area contributed by atoms with Crippen molar-refractivity contribution in [1.82, 2.24) is 0 Å². The van der Waals surface area contributed by atoms with Gasteiger partial charge in [0.15, 0.2) is 0 Å². The van der Waals surface area contributed by atoms with Crippen molar-refractivity contribution in [2.45, 2.75) is 6.92 Å². The molecule has 1 aromatic heterocycles. The van der Waals surface area contributed by atoms with Crippen molar-refractivity contribution in [3.63, 3.8) is 0 Å². The molecule has 1 heterocycles. The van der Waals surface area contributed by atoms with Gasteiger partial charge in [-0.15, -0.1) is 0 Å². The van der Waals surface area contributed by atoms with Gasteiger partial charge in [-0.3, -0.25) is 0 Å². The van der Waals surface area contributed by atoms with Crippen LogP contribution in [0.4, 0.5) is 0 Å². The fourth-order valence-electron chi connectivity index (χ4n) is 1.81. The summed E-state index contributed by atoms with van der Waals surface area (Å²) in [6.07, 6.45) is 0. The SMILES string of the molecule is COC(=O)c1c(-c2ccccc2)c[c](=[Cr])oc1C.[C-]#[O+].[C-]#[O+].[C-]#[O+].[C-]#[O+].[C-]#[O+]. The molecule has 0 saturated heterocycles. The predicted octanol–water partition coefficient (Wildman–Crippen LogP) is 2.93. The van der Waals surface area contributed by atoms with Gasteiger partial charge in [0, 0.05) is 0 Å². The Morgan fingerprint density at radius 3 is 1.75 bits per heavy atom. The Labute approximate surface area is 169 Å². The molecule has 0 aliphatic rings. The van der Waals surface area contributed by atoms with E-state index in [9.17, 15) is 4.79 Å². The average Bonchev–Trinajstić information content (AvgIpc) is 2.80. The van der Waals surface area contributed by atoms with E-state index in [1.165, 1.54) is 7.11 Å². The van der Waals surface area contributed by atoms with Crippen molar-refractivity contribution < 1.29 is 53.1 Å². The number of aryl methyl sites for hydroxylation is 1. The number of carbonyl (C=O) groups excluding carboxylic acids is 1. The molecule has 142 valence electrons. The van der Waals surface area contributed by atoms with Crippen LogP contribution in [0.3, 0.4) is 0 Å². The Kier molecular flexibility index (Phi) is 28.1. The van der Waals surface area contributed by atoms with E-state index >= 15 is 0 Å². The van der Waals surface area contributed by atoms with Crippen LogP contribution in [0.5, 0.6) is 0 Å². The van der Waals surface area contributed by atoms with Gasteiger partial charge < -0.3 is 0 Å². The summed E-state index contributed by atoms with van der Waals surface area (Å²) in [5.74, 6) is 0.145. The molecule has 0 unspecified atom stereocenters. The van der Waals surface area contributed by atoms with Crippen LogP contribution in [-0.4, -0.2) is 13.1 Å². The molecule has 0 amide bonds. The van der Waals surface area contributed by atoms with E-state index in [4.69, 9.17) is 32.4 Å². The molecule has 2 rings (SSSR count). The first kappa shape index (κ1) is 32.7. The summed E-state index contributed by atoms with van der Waals surface area (Å²) in [4.78, 5) is 11.8. The summed E-state index contributed by atoms with van der Waals surface area (Å²) in [5.41, 5.74) is 2.22. The predicted molar refractivity (Wildman–Crippen MR) is 83.1 cm³/mol. The average molecular weight is 420 g/mol. The topological polar surface area (TPSA) is 139 Å². The van der Waals surface area contributed by atoms with Crippen molar-refractivity contribution in [1.29, 1.82) is 0 Å². The first-order valence-electron chi connectivity index (χ1n) is 6.44. The van der Waals surface area contributed by atoms with Crippen LogP contribution >= 0.6 is 0 Å². The molecule has 0 saturated carbocycles. The number of benzene rings is 1. The monoisotopic (exact) mass is 420 g/mol. The molecule has 0 radical (unpaired) electrons. The van der Waals surface area contributed by atoms with E-state index in [2.05, 4.69) is 49.1 Å². The van der Waals surface area contributed by atoms with E-state index in [-0.39, 0.29) is 0 Å². The second kappa shape index (κ2) is 24.1. The number of hydrogen-bond acceptors (Lipinski definition) is 3. The van der Waals surface area contributed by atoms with Gasteiger partial charge in [-0.2, -0.15) is 0 Å². The molecule has 0 bridgehead atoms. The molecule has 0 N–H and O–H groups in total. The molecule has 28 heavy (non-hydrogen) atoms. The Bertz CT molecular complexity index is 807. The Balaban J connectivity index is -0.000000251. The number of ether oxygens (including phenoxy) is 1. The van der Waals surface area contributed by atoms with E-state index < -0.39 is 5.97 Å². The van der Waals surface area contributed by atoms with Crippen LogP contribution in [0.15, 0.2) is 40.8 Å². The van der Waals surface area contributed by atoms with E-state index in [1.807, 2.05) is 30.3 Å². The zero-order valence-electron chi connectivity index (χ0n) is 14.6. The van der Waals surface area contributed by atoms with Gasteiger partial charge in [-0.05, 0) is 0 Å². The van der Waals surface area contributed by atoms with Crippen LogP contribution < -0.4 is 0 Å². The van der Waals surface area contributed by atoms with Crippen molar-refractivity contribution >= 4 is 5.97 Å². The zero-order chi connectivity index (χ0) is 23.1. The molecule has 9 heteroatoms. The van der Waals surface area contributed by atoms with Crippen LogP contribution in [0.2, 0.25) is 0 Å². The van der Waals surface area contributed by atoms with Crippen LogP contribution in [0.25, 0.3) is 11.1 Å². The number of esters is 1. The molecule has 0 fully saturated rings. The number of rotatable bonds is 2. The molecule has 2 aromatic rings. The summed E-state index contributed by atoms with van der Waals surface area (Å²) < 4.78 is 48.4. The maximum atomic E-state index is 11.8. The van der Waals surface area contributed by atoms with E-state index in [1.54, 1.807) is 13.0 Å². The number of methoxy groups -OCH3 is 1. The molecular formula is C19H12CrO8. The van der Waals surface area contributed by atoms with Crippen LogP contribution in [0.1, 0.15) is 16.1 Å². The first-order valence-corrected chi connectivity index (χ1v) is 7.08. The number of hydrogen-bond donors (Lipinski definition) is 0. The normalized spacial score (nSPS) is 6.86. The van der Waals surface area contributed by atoms with Gasteiger partial charge in [0.25, 0.3) is 0 Å². The van der Waals surface area contributed by atoms with Gasteiger partial charge in [0.2, 0.25) is 0 Å². The molecule has 0 atom stereocenters. The van der Waals surface area contributed by atoms with Gasteiger partial charge in [0.1, 0.15) is 0 Å². The van der Waals surface area contributed by atoms with Gasteiger partial charge in [0.05, 0.1) is 0 Å². The fourth-order valence-corrected chi connectivity index (χ4v) is 2.19. The van der Waals surface area contributed by atoms with Gasteiger partial charge in [-0.1, -0.05) is 0 Å². The Hall–Kier alpha value is -2.93. The first-order chi connectivity index (χ1) is 13.6. The molecule has 1 aromatic carbocycles. The van der Waals surface area contributed by atoms with Crippen LogP contribution in [0, 0.1) is 44.4 Å². The standard InChI is InChI=1S/C14H12O3.5CO.Cr/c1-10-13(14(15)16-2)12(8-9-17-10)11-6-4-3-5-7-11;5*1-2;/h3-8H,1-2H3;;;;;;. The van der Waals surface area contributed by atoms with Crippen molar-refractivity contribution in [2.75, 3.05) is 7.11 Å². The molecule has 0 aliphatic carbocycles. The summed E-state index contributed by atoms with van der Waals surface area (Å²) in [6.45, 7) is 24.2. The minimum absolute atomic E-state index is 0.393. The van der Waals surface area contributed by atoms with E-state index in [0.29, 0.717) is 15.5 Å². The summed E-state index contributed by atoms with van der Waals surface area (Å²) in [7, 11) is 1.36. The second-order valence-corrected chi connectivity index (χ2v) is 4.40. The van der Waals surface area contributed by atoms with Crippen molar-refractivity contribution in [3.05, 3.63) is 85.2 Å². The van der Waals surface area contributed by atoms with Crippen molar-refractivity contribution in [2.24, 2.45) is 0 Å². The fraction of sp³-hybridized carbons (Fsp3) is 0.105. The van der Waals surface area contributed by atoms with Crippen LogP contribution in [-0.2, 0) is 43.8 Å². The summed E-state index contributed by atoms with van der Waals surface area (Å²) in [5, 5.41) is 0. The number of carbonyl (C=O) groups is 1. The van der Waals surface area contributed by atoms with Crippen molar-refractivity contribution in [3.8, 4) is 11.1 Å². The third kappa shape index (κ3) is 11.6. The molecule has 0 aliphatic heterocycles. The maximum absolute atomic E-state index is 11.8. The summed E-state index contributed by atoms with van der Waals surface area (Å²) in [6, 6.07) is 11.5. The van der Waals surface area contributed by atoms with Gasteiger partial charge >= 0.3 is 169 Å².